The molecule has 1 unspecified atom stereocenters. The van der Waals surface area contributed by atoms with Crippen molar-refractivity contribution < 1.29 is 4.39 Å². The third kappa shape index (κ3) is 2.19. The van der Waals surface area contributed by atoms with Crippen LogP contribution in [0.25, 0.3) is 0 Å². The first-order chi connectivity index (χ1) is 7.10. The predicted octanol–water partition coefficient (Wildman–Crippen LogP) is 1.71. The molecule has 1 saturated heterocycles. The van der Waals surface area contributed by atoms with Gasteiger partial charge in [0.05, 0.1) is 5.54 Å². The Kier molecular flexibility index (Phi) is 2.76. The zero-order valence-corrected chi connectivity index (χ0v) is 9.04. The van der Waals surface area contributed by atoms with Crippen molar-refractivity contribution in [2.24, 2.45) is 5.73 Å². The number of nitrogens with zero attached hydrogens (tertiary/aromatic N) is 1. The second-order valence-corrected chi connectivity index (χ2v) is 4.51. The van der Waals surface area contributed by atoms with Gasteiger partial charge in [0.15, 0.2) is 0 Å². The second-order valence-electron chi connectivity index (χ2n) is 4.51. The Labute approximate surface area is 89.9 Å². The van der Waals surface area contributed by atoms with E-state index >= 15 is 0 Å². The van der Waals surface area contributed by atoms with Crippen molar-refractivity contribution in [3.05, 3.63) is 35.6 Å². The van der Waals surface area contributed by atoms with Crippen LogP contribution in [-0.4, -0.2) is 25.0 Å². The molecule has 0 bridgehead atoms. The van der Waals surface area contributed by atoms with Gasteiger partial charge >= 0.3 is 0 Å². The first-order valence-electron chi connectivity index (χ1n) is 5.34. The number of hydrogen-bond donors (Lipinski definition) is 1. The fourth-order valence-corrected chi connectivity index (χ4v) is 2.34. The molecule has 2 nitrogen and oxygen atoms in total. The molecule has 1 aliphatic rings. The predicted molar refractivity (Wildman–Crippen MR) is 59.0 cm³/mol. The van der Waals surface area contributed by atoms with Crippen LogP contribution in [0.3, 0.4) is 0 Å². The summed E-state index contributed by atoms with van der Waals surface area (Å²) in [5, 5.41) is 0. The van der Waals surface area contributed by atoms with Crippen molar-refractivity contribution in [3.63, 3.8) is 0 Å². The van der Waals surface area contributed by atoms with Crippen molar-refractivity contribution in [2.75, 3.05) is 20.1 Å². The standard InChI is InChI=1S/C12H17FN2/c1-15-7-3-6-12(14,9-15)10-4-2-5-11(13)8-10/h2,4-5,8H,3,6-7,9,14H2,1H3. The molecule has 0 aliphatic carbocycles. The van der Waals surface area contributed by atoms with E-state index in [2.05, 4.69) is 11.9 Å². The molecule has 1 atom stereocenters. The number of benzene rings is 1. The van der Waals surface area contributed by atoms with Gasteiger partial charge < -0.3 is 10.6 Å². The maximum absolute atomic E-state index is 13.1. The molecule has 0 saturated carbocycles. The van der Waals surface area contributed by atoms with Crippen LogP contribution in [-0.2, 0) is 5.54 Å². The Hall–Kier alpha value is -0.930. The molecule has 3 heteroatoms. The first kappa shape index (κ1) is 10.6. The maximum Gasteiger partial charge on any atom is 0.123 e. The zero-order chi connectivity index (χ0) is 10.9. The molecule has 2 N–H and O–H groups in total. The smallest absolute Gasteiger partial charge is 0.123 e. The highest BCUT2D eigenvalue weighted by Gasteiger charge is 2.31. The van der Waals surface area contributed by atoms with E-state index in [1.54, 1.807) is 12.1 Å². The Morgan fingerprint density at radius 2 is 2.27 bits per heavy atom. The zero-order valence-electron chi connectivity index (χ0n) is 9.04. The molecule has 0 radical (unpaired) electrons. The summed E-state index contributed by atoms with van der Waals surface area (Å²) in [5.41, 5.74) is 6.86. The monoisotopic (exact) mass is 208 g/mol. The normalized spacial score (nSPS) is 27.9. The topological polar surface area (TPSA) is 29.3 Å². The summed E-state index contributed by atoms with van der Waals surface area (Å²) in [5.74, 6) is -0.203. The van der Waals surface area contributed by atoms with E-state index in [0.29, 0.717) is 0 Å². The average Bonchev–Trinajstić information content (AvgIpc) is 2.17. The van der Waals surface area contributed by atoms with Gasteiger partial charge in [0, 0.05) is 6.54 Å². The fraction of sp³-hybridized carbons (Fsp3) is 0.500. The maximum atomic E-state index is 13.1. The second kappa shape index (κ2) is 3.91. The number of nitrogens with two attached hydrogens (primary N) is 1. The molecule has 1 aromatic rings. The minimum absolute atomic E-state index is 0.203. The minimum Gasteiger partial charge on any atom is -0.320 e. The number of halogens is 1. The van der Waals surface area contributed by atoms with E-state index in [0.717, 1.165) is 31.5 Å². The van der Waals surface area contributed by atoms with Gasteiger partial charge in [0.25, 0.3) is 0 Å². The number of likely N-dealkylation sites (N-methyl/N-ethyl adjacent to an activating group) is 1. The number of rotatable bonds is 1. The Balaban J connectivity index is 2.28. The Morgan fingerprint density at radius 1 is 1.47 bits per heavy atom. The summed E-state index contributed by atoms with van der Waals surface area (Å²) in [6.45, 7) is 1.88. The Morgan fingerprint density at radius 3 is 2.93 bits per heavy atom. The number of piperidine rings is 1. The van der Waals surface area contributed by atoms with Crippen LogP contribution in [0.2, 0.25) is 0 Å². The van der Waals surface area contributed by atoms with Gasteiger partial charge in [0.1, 0.15) is 5.82 Å². The fourth-order valence-electron chi connectivity index (χ4n) is 2.34. The van der Waals surface area contributed by atoms with Crippen LogP contribution in [0.15, 0.2) is 24.3 Å². The van der Waals surface area contributed by atoms with Gasteiger partial charge in [0.2, 0.25) is 0 Å². The van der Waals surface area contributed by atoms with Crippen LogP contribution < -0.4 is 5.73 Å². The molecule has 1 aliphatic heterocycles. The summed E-state index contributed by atoms with van der Waals surface area (Å²) in [7, 11) is 2.06. The van der Waals surface area contributed by atoms with Crippen molar-refractivity contribution in [3.8, 4) is 0 Å². The van der Waals surface area contributed by atoms with Crippen LogP contribution >= 0.6 is 0 Å². The van der Waals surface area contributed by atoms with E-state index in [-0.39, 0.29) is 11.4 Å². The van der Waals surface area contributed by atoms with E-state index in [4.69, 9.17) is 5.73 Å². The summed E-state index contributed by atoms with van der Waals surface area (Å²) in [6.07, 6.45) is 2.00. The van der Waals surface area contributed by atoms with E-state index in [9.17, 15) is 4.39 Å². The molecule has 0 spiro atoms. The molecule has 82 valence electrons. The lowest BCUT2D eigenvalue weighted by Crippen LogP contribution is -2.50. The van der Waals surface area contributed by atoms with Crippen LogP contribution in [0, 0.1) is 5.82 Å². The molecule has 1 aromatic carbocycles. The highest BCUT2D eigenvalue weighted by Crippen LogP contribution is 2.28. The van der Waals surface area contributed by atoms with E-state index < -0.39 is 0 Å². The lowest BCUT2D eigenvalue weighted by atomic mass is 9.83. The highest BCUT2D eigenvalue weighted by molar-refractivity contribution is 5.26. The van der Waals surface area contributed by atoms with Crippen LogP contribution in [0.5, 0.6) is 0 Å². The van der Waals surface area contributed by atoms with Crippen molar-refractivity contribution >= 4 is 0 Å². The lowest BCUT2D eigenvalue weighted by Gasteiger charge is -2.39. The summed E-state index contributed by atoms with van der Waals surface area (Å²) in [6, 6.07) is 6.66. The lowest BCUT2D eigenvalue weighted by molar-refractivity contribution is 0.179. The molecule has 2 rings (SSSR count). The van der Waals surface area contributed by atoms with Crippen molar-refractivity contribution in [2.45, 2.75) is 18.4 Å². The first-order valence-corrected chi connectivity index (χ1v) is 5.34. The van der Waals surface area contributed by atoms with Crippen molar-refractivity contribution in [1.82, 2.24) is 4.90 Å². The van der Waals surface area contributed by atoms with Gasteiger partial charge in [-0.05, 0) is 44.1 Å². The van der Waals surface area contributed by atoms with E-state index in [1.807, 2.05) is 6.07 Å². The molecular formula is C12H17FN2. The quantitative estimate of drug-likeness (QED) is 0.761. The van der Waals surface area contributed by atoms with Crippen LogP contribution in [0.4, 0.5) is 4.39 Å². The highest BCUT2D eigenvalue weighted by atomic mass is 19.1. The third-order valence-corrected chi connectivity index (χ3v) is 3.11. The largest absolute Gasteiger partial charge is 0.320 e. The van der Waals surface area contributed by atoms with Crippen molar-refractivity contribution in [1.29, 1.82) is 0 Å². The summed E-state index contributed by atoms with van der Waals surface area (Å²) in [4.78, 5) is 2.20. The number of likely N-dealkylation sites (tertiary alicyclic amines) is 1. The molecule has 0 aromatic heterocycles. The third-order valence-electron chi connectivity index (χ3n) is 3.11. The van der Waals surface area contributed by atoms with E-state index in [1.165, 1.54) is 6.07 Å². The SMILES string of the molecule is CN1CCCC(N)(c2cccc(F)c2)C1. The molecule has 1 heterocycles. The van der Waals surface area contributed by atoms with Gasteiger partial charge in [-0.2, -0.15) is 0 Å². The summed E-state index contributed by atoms with van der Waals surface area (Å²) >= 11 is 0. The number of hydrogen-bond acceptors (Lipinski definition) is 2. The summed E-state index contributed by atoms with van der Waals surface area (Å²) < 4.78 is 13.1. The Bertz CT molecular complexity index is 353. The molecule has 1 fully saturated rings. The molecule has 15 heavy (non-hydrogen) atoms. The molecule has 0 amide bonds. The van der Waals surface area contributed by atoms with Gasteiger partial charge in [-0.1, -0.05) is 12.1 Å². The van der Waals surface area contributed by atoms with Gasteiger partial charge in [-0.25, -0.2) is 4.39 Å². The van der Waals surface area contributed by atoms with Gasteiger partial charge in [-0.3, -0.25) is 0 Å². The average molecular weight is 208 g/mol. The molecular weight excluding hydrogens is 191 g/mol. The minimum atomic E-state index is -0.380. The van der Waals surface area contributed by atoms with Gasteiger partial charge in [-0.15, -0.1) is 0 Å². The van der Waals surface area contributed by atoms with Crippen LogP contribution in [0.1, 0.15) is 18.4 Å².